The lowest BCUT2D eigenvalue weighted by Gasteiger charge is -2.12. The molecule has 0 atom stereocenters. The largest absolute Gasteiger partial charge is 0.457 e. The van der Waals surface area contributed by atoms with Crippen LogP contribution in [0.5, 0.6) is 11.5 Å². The third kappa shape index (κ3) is 5.33. The van der Waals surface area contributed by atoms with Gasteiger partial charge >= 0.3 is 0 Å². The Hall–Kier alpha value is -5.62. The Morgan fingerprint density at radius 3 is 2.33 bits per heavy atom. The molecule has 0 bridgehead atoms. The summed E-state index contributed by atoms with van der Waals surface area (Å²) in [5, 5.41) is 2.82. The van der Waals surface area contributed by atoms with E-state index in [0.717, 1.165) is 45.2 Å². The first kappa shape index (κ1) is 24.7. The standard InChI is InChI=1S/C34H26N4O2/c35-29-13-4-5-14-30(29)36-33(39)22-17-24-9-8-10-25(23-24)34-37-31-15-6-7-16-32(31)38(34)26-18-20-28(21-19-26)40-27-11-2-1-3-12-27/h1-23H,35H2,(H,36,39)/b22-17-. The summed E-state index contributed by atoms with van der Waals surface area (Å²) in [5.74, 6) is 2.08. The van der Waals surface area contributed by atoms with Gasteiger partial charge in [0.05, 0.1) is 22.4 Å². The summed E-state index contributed by atoms with van der Waals surface area (Å²) < 4.78 is 8.12. The van der Waals surface area contributed by atoms with E-state index in [1.165, 1.54) is 6.08 Å². The summed E-state index contributed by atoms with van der Waals surface area (Å²) in [7, 11) is 0. The highest BCUT2D eigenvalue weighted by molar-refractivity contribution is 6.03. The van der Waals surface area contributed by atoms with Gasteiger partial charge in [-0.05, 0) is 78.4 Å². The quantitative estimate of drug-likeness (QED) is 0.166. The van der Waals surface area contributed by atoms with Crippen LogP contribution < -0.4 is 15.8 Å². The normalized spacial score (nSPS) is 11.1. The van der Waals surface area contributed by atoms with E-state index in [1.54, 1.807) is 18.2 Å². The Bertz CT molecular complexity index is 1820. The third-order valence-electron chi connectivity index (χ3n) is 6.43. The summed E-state index contributed by atoms with van der Waals surface area (Å²) in [5.41, 5.74) is 11.7. The minimum atomic E-state index is -0.256. The second-order valence-corrected chi connectivity index (χ2v) is 9.20. The maximum absolute atomic E-state index is 12.5. The van der Waals surface area contributed by atoms with Crippen LogP contribution >= 0.6 is 0 Å². The molecule has 0 fully saturated rings. The van der Waals surface area contributed by atoms with Gasteiger partial charge in [-0.2, -0.15) is 0 Å². The molecule has 0 aliphatic rings. The number of carbonyl (C=O) groups excluding carboxylic acids is 1. The van der Waals surface area contributed by atoms with E-state index in [1.807, 2.05) is 109 Å². The maximum atomic E-state index is 12.5. The van der Waals surface area contributed by atoms with Gasteiger partial charge in [0.25, 0.3) is 0 Å². The molecule has 1 heterocycles. The number of para-hydroxylation sites is 5. The van der Waals surface area contributed by atoms with Crippen LogP contribution in [0.1, 0.15) is 5.56 Å². The van der Waals surface area contributed by atoms with Crippen molar-refractivity contribution in [1.82, 2.24) is 9.55 Å². The third-order valence-corrected chi connectivity index (χ3v) is 6.43. The Balaban J connectivity index is 1.30. The molecular weight excluding hydrogens is 496 g/mol. The monoisotopic (exact) mass is 522 g/mol. The molecule has 1 amide bonds. The molecule has 3 N–H and O–H groups in total. The van der Waals surface area contributed by atoms with E-state index < -0.39 is 0 Å². The summed E-state index contributed by atoms with van der Waals surface area (Å²) in [6.07, 6.45) is 3.28. The highest BCUT2D eigenvalue weighted by atomic mass is 16.5. The van der Waals surface area contributed by atoms with Crippen LogP contribution in [0, 0.1) is 0 Å². The molecule has 5 aromatic carbocycles. The zero-order valence-corrected chi connectivity index (χ0v) is 21.6. The number of aromatic nitrogens is 2. The minimum Gasteiger partial charge on any atom is -0.457 e. The molecule has 6 heteroatoms. The second kappa shape index (κ2) is 11.0. The number of nitrogens with zero attached hydrogens (tertiary/aromatic N) is 2. The van der Waals surface area contributed by atoms with Crippen molar-refractivity contribution in [2.45, 2.75) is 0 Å². The van der Waals surface area contributed by atoms with Gasteiger partial charge in [0.2, 0.25) is 5.91 Å². The van der Waals surface area contributed by atoms with Crippen molar-refractivity contribution in [2.75, 3.05) is 11.1 Å². The summed E-state index contributed by atoms with van der Waals surface area (Å²) in [4.78, 5) is 17.5. The topological polar surface area (TPSA) is 82.2 Å². The van der Waals surface area contributed by atoms with Crippen LogP contribution in [0.2, 0.25) is 0 Å². The number of fused-ring (bicyclic) bond motifs is 1. The van der Waals surface area contributed by atoms with Crippen molar-refractivity contribution in [3.8, 4) is 28.6 Å². The zero-order chi connectivity index (χ0) is 27.3. The fourth-order valence-electron chi connectivity index (χ4n) is 4.51. The van der Waals surface area contributed by atoms with Gasteiger partial charge in [0, 0.05) is 17.3 Å². The van der Waals surface area contributed by atoms with Crippen molar-refractivity contribution >= 4 is 34.4 Å². The van der Waals surface area contributed by atoms with Crippen LogP contribution in [-0.2, 0) is 4.79 Å². The van der Waals surface area contributed by atoms with Gasteiger partial charge in [-0.1, -0.05) is 60.7 Å². The highest BCUT2D eigenvalue weighted by Crippen LogP contribution is 2.31. The summed E-state index contributed by atoms with van der Waals surface area (Å²) in [6, 6.07) is 40.9. The first-order chi connectivity index (χ1) is 19.6. The number of hydrogen-bond donors (Lipinski definition) is 2. The summed E-state index contributed by atoms with van der Waals surface area (Å²) in [6.45, 7) is 0. The van der Waals surface area contributed by atoms with Crippen molar-refractivity contribution in [1.29, 1.82) is 0 Å². The number of hydrogen-bond acceptors (Lipinski definition) is 4. The maximum Gasteiger partial charge on any atom is 0.248 e. The molecule has 0 aliphatic heterocycles. The first-order valence-electron chi connectivity index (χ1n) is 12.9. The molecule has 6 rings (SSSR count). The molecule has 1 aromatic heterocycles. The molecule has 0 aliphatic carbocycles. The fourth-order valence-corrected chi connectivity index (χ4v) is 4.51. The first-order valence-corrected chi connectivity index (χ1v) is 12.9. The number of anilines is 2. The molecule has 6 aromatic rings. The molecular formula is C34H26N4O2. The Morgan fingerprint density at radius 2 is 1.50 bits per heavy atom. The molecule has 0 radical (unpaired) electrons. The molecule has 40 heavy (non-hydrogen) atoms. The minimum absolute atomic E-state index is 0.256. The lowest BCUT2D eigenvalue weighted by molar-refractivity contribution is -0.111. The van der Waals surface area contributed by atoms with Gasteiger partial charge in [-0.15, -0.1) is 0 Å². The lowest BCUT2D eigenvalue weighted by Crippen LogP contribution is -2.09. The van der Waals surface area contributed by atoms with Gasteiger partial charge in [-0.25, -0.2) is 4.98 Å². The molecule has 6 nitrogen and oxygen atoms in total. The SMILES string of the molecule is Nc1ccccc1NC(=O)/C=C\c1cccc(-c2nc3ccccc3n2-c2ccc(Oc3ccccc3)cc2)c1. The zero-order valence-electron chi connectivity index (χ0n) is 21.6. The smallest absolute Gasteiger partial charge is 0.248 e. The number of nitrogen functional groups attached to an aromatic ring is 1. The van der Waals surface area contributed by atoms with Gasteiger partial charge in [0.15, 0.2) is 0 Å². The second-order valence-electron chi connectivity index (χ2n) is 9.20. The highest BCUT2D eigenvalue weighted by Gasteiger charge is 2.14. The number of amides is 1. The van der Waals surface area contributed by atoms with E-state index in [-0.39, 0.29) is 5.91 Å². The van der Waals surface area contributed by atoms with Crippen molar-refractivity contribution in [3.05, 3.63) is 139 Å². The van der Waals surface area contributed by atoms with Crippen LogP contribution in [0.4, 0.5) is 11.4 Å². The van der Waals surface area contributed by atoms with Crippen molar-refractivity contribution < 1.29 is 9.53 Å². The molecule has 0 spiro atoms. The van der Waals surface area contributed by atoms with E-state index in [9.17, 15) is 4.79 Å². The number of rotatable bonds is 7. The lowest BCUT2D eigenvalue weighted by atomic mass is 10.1. The number of benzene rings is 5. The average molecular weight is 523 g/mol. The van der Waals surface area contributed by atoms with Crippen LogP contribution in [0.25, 0.3) is 34.2 Å². The van der Waals surface area contributed by atoms with Gasteiger partial charge < -0.3 is 15.8 Å². The predicted octanol–water partition coefficient (Wildman–Crippen LogP) is 7.72. The van der Waals surface area contributed by atoms with E-state index in [0.29, 0.717) is 11.4 Å². The number of nitrogens with two attached hydrogens (primary N) is 1. The number of imidazole rings is 1. The predicted molar refractivity (Wildman–Crippen MR) is 162 cm³/mol. The Labute approximate surface area is 232 Å². The van der Waals surface area contributed by atoms with Crippen LogP contribution in [-0.4, -0.2) is 15.5 Å². The van der Waals surface area contributed by atoms with Crippen molar-refractivity contribution in [3.63, 3.8) is 0 Å². The Morgan fingerprint density at radius 1 is 0.775 bits per heavy atom. The van der Waals surface area contributed by atoms with Crippen LogP contribution in [0.3, 0.4) is 0 Å². The van der Waals surface area contributed by atoms with E-state index >= 15 is 0 Å². The van der Waals surface area contributed by atoms with Gasteiger partial charge in [0.1, 0.15) is 17.3 Å². The van der Waals surface area contributed by atoms with Crippen molar-refractivity contribution in [2.24, 2.45) is 0 Å². The van der Waals surface area contributed by atoms with Crippen LogP contribution in [0.15, 0.2) is 133 Å². The van der Waals surface area contributed by atoms with E-state index in [4.69, 9.17) is 15.5 Å². The fraction of sp³-hybridized carbons (Fsp3) is 0. The van der Waals surface area contributed by atoms with Gasteiger partial charge in [-0.3, -0.25) is 9.36 Å². The number of carbonyl (C=O) groups is 1. The molecule has 194 valence electrons. The molecule has 0 saturated carbocycles. The average Bonchev–Trinajstić information content (AvgIpc) is 3.38. The number of ether oxygens (including phenoxy) is 1. The molecule has 0 unspecified atom stereocenters. The van der Waals surface area contributed by atoms with E-state index in [2.05, 4.69) is 16.0 Å². The Kier molecular flexibility index (Phi) is 6.80. The summed E-state index contributed by atoms with van der Waals surface area (Å²) >= 11 is 0. The molecule has 0 saturated heterocycles. The number of nitrogens with one attached hydrogen (secondary N) is 1.